The molecule has 2 rings (SSSR count). The van der Waals surface area contributed by atoms with Crippen molar-refractivity contribution < 1.29 is 13.3 Å². The lowest BCUT2D eigenvalue weighted by atomic mass is 10.2. The lowest BCUT2D eigenvalue weighted by Crippen LogP contribution is -2.29. The maximum atomic E-state index is 12.2. The highest BCUT2D eigenvalue weighted by Crippen LogP contribution is 2.23. The van der Waals surface area contributed by atoms with Crippen LogP contribution < -0.4 is 10.0 Å². The molecular weight excluding hydrogens is 386 g/mol. The van der Waals surface area contributed by atoms with Crippen molar-refractivity contribution in [2.45, 2.75) is 4.90 Å². The summed E-state index contributed by atoms with van der Waals surface area (Å²) in [5.74, 6) is 0. The van der Waals surface area contributed by atoms with Gasteiger partial charge in [0.1, 0.15) is 5.69 Å². The number of nitrogens with zero attached hydrogens (tertiary/aromatic N) is 1. The van der Waals surface area contributed by atoms with Gasteiger partial charge in [-0.05, 0) is 34.1 Å². The van der Waals surface area contributed by atoms with E-state index in [0.717, 1.165) is 0 Å². The van der Waals surface area contributed by atoms with Gasteiger partial charge >= 0.3 is 0 Å². The van der Waals surface area contributed by atoms with Crippen LogP contribution in [0.1, 0.15) is 0 Å². The van der Waals surface area contributed by atoms with Crippen molar-refractivity contribution in [1.29, 1.82) is 0 Å². The molecule has 9 heteroatoms. The first kappa shape index (κ1) is 17.4. The van der Waals surface area contributed by atoms with Crippen LogP contribution in [0.5, 0.6) is 0 Å². The Bertz CT molecular complexity index is 811. The number of sulfonamides is 1. The number of nitrogens with one attached hydrogen (secondary N) is 2. The molecule has 2 aromatic rings. The Kier molecular flexibility index (Phi) is 5.69. The molecule has 0 radical (unpaired) electrons. The highest BCUT2D eigenvalue weighted by atomic mass is 79.9. The maximum Gasteiger partial charge on any atom is 0.292 e. The van der Waals surface area contributed by atoms with Gasteiger partial charge in [0.15, 0.2) is 0 Å². The minimum Gasteiger partial charge on any atom is -0.378 e. The maximum absolute atomic E-state index is 12.2. The van der Waals surface area contributed by atoms with Gasteiger partial charge in [0.05, 0.1) is 9.82 Å². The highest BCUT2D eigenvalue weighted by Gasteiger charge is 2.16. The molecule has 0 aromatic heterocycles. The van der Waals surface area contributed by atoms with Gasteiger partial charge in [-0.25, -0.2) is 13.1 Å². The zero-order valence-electron chi connectivity index (χ0n) is 11.9. The van der Waals surface area contributed by atoms with Crippen LogP contribution in [0.2, 0.25) is 0 Å². The van der Waals surface area contributed by atoms with E-state index in [9.17, 15) is 18.5 Å². The molecule has 122 valence electrons. The monoisotopic (exact) mass is 399 g/mol. The Balaban J connectivity index is 1.96. The van der Waals surface area contributed by atoms with Gasteiger partial charge in [0.25, 0.3) is 5.69 Å². The summed E-state index contributed by atoms with van der Waals surface area (Å²) in [5, 5.41) is 13.7. The van der Waals surface area contributed by atoms with Crippen molar-refractivity contribution in [1.82, 2.24) is 4.72 Å². The molecule has 2 aromatic carbocycles. The minimum absolute atomic E-state index is 0.0545. The van der Waals surface area contributed by atoms with Gasteiger partial charge in [0, 0.05) is 23.6 Å². The van der Waals surface area contributed by atoms with Crippen LogP contribution in [0, 0.1) is 10.1 Å². The topological polar surface area (TPSA) is 101 Å². The van der Waals surface area contributed by atoms with Crippen molar-refractivity contribution >= 4 is 37.3 Å². The Labute approximate surface area is 142 Å². The Morgan fingerprint density at radius 2 is 1.70 bits per heavy atom. The van der Waals surface area contributed by atoms with E-state index in [2.05, 4.69) is 26.0 Å². The molecular formula is C14H14BrN3O4S. The van der Waals surface area contributed by atoms with E-state index < -0.39 is 14.9 Å². The summed E-state index contributed by atoms with van der Waals surface area (Å²) < 4.78 is 27.2. The first-order valence-corrected chi connectivity index (χ1v) is 8.91. The second-order valence-corrected chi connectivity index (χ2v) is 7.12. The van der Waals surface area contributed by atoms with Crippen LogP contribution in [0.25, 0.3) is 0 Å². The molecule has 0 atom stereocenters. The lowest BCUT2D eigenvalue weighted by Gasteiger charge is -2.10. The largest absolute Gasteiger partial charge is 0.378 e. The SMILES string of the molecule is O=[N+]([O-])c1ccccc1NCCNS(=O)(=O)c1ccccc1Br. The van der Waals surface area contributed by atoms with E-state index >= 15 is 0 Å². The fourth-order valence-corrected chi connectivity index (χ4v) is 3.94. The minimum atomic E-state index is -3.64. The van der Waals surface area contributed by atoms with E-state index in [1.807, 2.05) is 0 Å². The van der Waals surface area contributed by atoms with Crippen LogP contribution >= 0.6 is 15.9 Å². The fraction of sp³-hybridized carbons (Fsp3) is 0.143. The van der Waals surface area contributed by atoms with Gasteiger partial charge < -0.3 is 5.32 Å². The van der Waals surface area contributed by atoms with Gasteiger partial charge in [-0.2, -0.15) is 0 Å². The second kappa shape index (κ2) is 7.53. The van der Waals surface area contributed by atoms with Gasteiger partial charge in [-0.15, -0.1) is 0 Å². The van der Waals surface area contributed by atoms with Gasteiger partial charge in [-0.1, -0.05) is 24.3 Å². The zero-order valence-corrected chi connectivity index (χ0v) is 14.3. The summed E-state index contributed by atoms with van der Waals surface area (Å²) in [6.07, 6.45) is 0. The average Bonchev–Trinajstić information content (AvgIpc) is 2.52. The predicted molar refractivity (Wildman–Crippen MR) is 90.9 cm³/mol. The summed E-state index contributed by atoms with van der Waals surface area (Å²) in [6, 6.07) is 12.7. The molecule has 2 N–H and O–H groups in total. The van der Waals surface area contributed by atoms with Crippen LogP contribution in [-0.4, -0.2) is 26.4 Å². The molecule has 0 heterocycles. The molecule has 0 saturated heterocycles. The average molecular weight is 400 g/mol. The number of hydrogen-bond donors (Lipinski definition) is 2. The number of nitro groups is 1. The van der Waals surface area contributed by atoms with Crippen molar-refractivity contribution in [2.24, 2.45) is 0 Å². The summed E-state index contributed by atoms with van der Waals surface area (Å²) >= 11 is 3.19. The van der Waals surface area contributed by atoms with Crippen LogP contribution in [0.4, 0.5) is 11.4 Å². The standard InChI is InChI=1S/C14H14BrN3O4S/c15-11-5-1-4-8-14(11)23(21,22)17-10-9-16-12-6-2-3-7-13(12)18(19)20/h1-8,16-17H,9-10H2. The molecule has 0 fully saturated rings. The third kappa shape index (κ3) is 4.50. The number of benzene rings is 2. The molecule has 0 aliphatic heterocycles. The number of nitro benzene ring substituents is 1. The van der Waals surface area contributed by atoms with E-state index in [1.165, 1.54) is 12.1 Å². The molecule has 0 saturated carbocycles. The number of halogens is 1. The quantitative estimate of drug-likeness (QED) is 0.423. The predicted octanol–water partition coefficient (Wildman–Crippen LogP) is 2.75. The smallest absolute Gasteiger partial charge is 0.292 e. The van der Waals surface area contributed by atoms with E-state index in [4.69, 9.17) is 0 Å². The Morgan fingerprint density at radius 3 is 2.39 bits per heavy atom. The number of anilines is 1. The van der Waals surface area contributed by atoms with Gasteiger partial charge in [0.2, 0.25) is 10.0 Å². The number of hydrogen-bond acceptors (Lipinski definition) is 5. The van der Waals surface area contributed by atoms with Gasteiger partial charge in [-0.3, -0.25) is 10.1 Å². The second-order valence-electron chi connectivity index (χ2n) is 4.53. The molecule has 0 aliphatic carbocycles. The first-order valence-electron chi connectivity index (χ1n) is 6.63. The van der Waals surface area contributed by atoms with Crippen molar-refractivity contribution in [3.05, 3.63) is 63.1 Å². The van der Waals surface area contributed by atoms with Crippen molar-refractivity contribution in [2.75, 3.05) is 18.4 Å². The summed E-state index contributed by atoms with van der Waals surface area (Å²) in [5.41, 5.74) is 0.291. The summed E-state index contributed by atoms with van der Waals surface area (Å²) in [4.78, 5) is 10.5. The lowest BCUT2D eigenvalue weighted by molar-refractivity contribution is -0.384. The molecule has 0 spiro atoms. The summed E-state index contributed by atoms with van der Waals surface area (Å²) in [7, 11) is -3.64. The van der Waals surface area contributed by atoms with E-state index in [1.54, 1.807) is 36.4 Å². The Hall–Kier alpha value is -1.97. The third-order valence-corrected chi connectivity index (χ3v) is 5.43. The Morgan fingerprint density at radius 1 is 1.04 bits per heavy atom. The molecule has 7 nitrogen and oxygen atoms in total. The number of para-hydroxylation sites is 2. The molecule has 0 amide bonds. The number of rotatable bonds is 7. The van der Waals surface area contributed by atoms with E-state index in [-0.39, 0.29) is 23.7 Å². The van der Waals surface area contributed by atoms with Crippen molar-refractivity contribution in [3.8, 4) is 0 Å². The molecule has 0 bridgehead atoms. The van der Waals surface area contributed by atoms with E-state index in [0.29, 0.717) is 10.2 Å². The molecule has 23 heavy (non-hydrogen) atoms. The normalized spacial score (nSPS) is 11.2. The van der Waals surface area contributed by atoms with Crippen LogP contribution in [0.3, 0.4) is 0 Å². The molecule has 0 unspecified atom stereocenters. The zero-order chi connectivity index (χ0) is 16.9. The molecule has 0 aliphatic rings. The van der Waals surface area contributed by atoms with Crippen LogP contribution in [-0.2, 0) is 10.0 Å². The first-order chi connectivity index (χ1) is 10.9. The highest BCUT2D eigenvalue weighted by molar-refractivity contribution is 9.10. The van der Waals surface area contributed by atoms with Crippen LogP contribution in [0.15, 0.2) is 57.9 Å². The summed E-state index contributed by atoms with van der Waals surface area (Å²) in [6.45, 7) is 0.310. The fourth-order valence-electron chi connectivity index (χ4n) is 1.91. The third-order valence-electron chi connectivity index (χ3n) is 2.96. The van der Waals surface area contributed by atoms with Crippen molar-refractivity contribution in [3.63, 3.8) is 0 Å².